The van der Waals surface area contributed by atoms with Crippen LogP contribution in [0.2, 0.25) is 0 Å². The molecule has 0 bridgehead atoms. The Morgan fingerprint density at radius 2 is 1.87 bits per heavy atom. The van der Waals surface area contributed by atoms with E-state index in [0.29, 0.717) is 5.69 Å². The number of aromatic nitrogens is 1. The average molecular weight is 227 g/mol. The SMILES string of the molecule is Cc1nc(-c2c(F)cccc2F)sc1O. The third-order valence-electron chi connectivity index (χ3n) is 1.95. The summed E-state index contributed by atoms with van der Waals surface area (Å²) < 4.78 is 26.6. The molecular formula is C10H7F2NOS. The van der Waals surface area contributed by atoms with Gasteiger partial charge in [0.1, 0.15) is 16.6 Å². The molecule has 2 nitrogen and oxygen atoms in total. The van der Waals surface area contributed by atoms with Crippen LogP contribution in [0.15, 0.2) is 18.2 Å². The average Bonchev–Trinajstić information content (AvgIpc) is 2.46. The predicted octanol–water partition coefficient (Wildman–Crippen LogP) is 3.10. The summed E-state index contributed by atoms with van der Waals surface area (Å²) in [4.78, 5) is 3.89. The Bertz CT molecular complexity index is 470. The quantitative estimate of drug-likeness (QED) is 0.812. The molecule has 78 valence electrons. The number of aryl methyl sites for hydroxylation is 1. The zero-order valence-corrected chi connectivity index (χ0v) is 8.61. The number of benzene rings is 1. The summed E-state index contributed by atoms with van der Waals surface area (Å²) in [5.74, 6) is -1.35. The minimum absolute atomic E-state index is 0.0207. The molecule has 1 aromatic carbocycles. The molecule has 0 aliphatic rings. The fourth-order valence-corrected chi connectivity index (χ4v) is 2.05. The van der Waals surface area contributed by atoms with E-state index in [2.05, 4.69) is 4.98 Å². The third-order valence-corrected chi connectivity index (χ3v) is 2.93. The topological polar surface area (TPSA) is 33.1 Å². The number of nitrogens with zero attached hydrogens (tertiary/aromatic N) is 1. The van der Waals surface area contributed by atoms with Crippen LogP contribution in [0.4, 0.5) is 8.78 Å². The van der Waals surface area contributed by atoms with Crippen LogP contribution >= 0.6 is 11.3 Å². The highest BCUT2D eigenvalue weighted by Gasteiger charge is 2.16. The molecule has 0 saturated carbocycles. The molecule has 1 N–H and O–H groups in total. The number of hydrogen-bond donors (Lipinski definition) is 1. The first-order chi connectivity index (χ1) is 7.09. The number of thiazole rings is 1. The molecule has 1 aromatic heterocycles. The Labute approximate surface area is 88.8 Å². The van der Waals surface area contributed by atoms with Crippen LogP contribution in [-0.2, 0) is 0 Å². The van der Waals surface area contributed by atoms with Crippen LogP contribution in [-0.4, -0.2) is 10.1 Å². The normalized spacial score (nSPS) is 10.6. The van der Waals surface area contributed by atoms with Gasteiger partial charge in [0, 0.05) is 0 Å². The molecule has 0 unspecified atom stereocenters. The molecule has 0 fully saturated rings. The monoisotopic (exact) mass is 227 g/mol. The lowest BCUT2D eigenvalue weighted by Crippen LogP contribution is -1.88. The van der Waals surface area contributed by atoms with Crippen LogP contribution in [0.1, 0.15) is 5.69 Å². The first-order valence-electron chi connectivity index (χ1n) is 4.20. The molecule has 0 amide bonds. The summed E-state index contributed by atoms with van der Waals surface area (Å²) in [5, 5.41) is 9.43. The highest BCUT2D eigenvalue weighted by Crippen LogP contribution is 2.34. The first-order valence-corrected chi connectivity index (χ1v) is 5.02. The van der Waals surface area contributed by atoms with Crippen LogP contribution in [0.5, 0.6) is 5.06 Å². The van der Waals surface area contributed by atoms with E-state index < -0.39 is 11.6 Å². The van der Waals surface area contributed by atoms with E-state index in [1.54, 1.807) is 6.92 Å². The van der Waals surface area contributed by atoms with Gasteiger partial charge in [0.05, 0.1) is 11.3 Å². The van der Waals surface area contributed by atoms with Crippen molar-refractivity contribution in [3.63, 3.8) is 0 Å². The van der Waals surface area contributed by atoms with Crippen LogP contribution in [0.25, 0.3) is 10.6 Å². The van der Waals surface area contributed by atoms with Gasteiger partial charge in [-0.1, -0.05) is 17.4 Å². The Balaban J connectivity index is 2.63. The van der Waals surface area contributed by atoms with Crippen molar-refractivity contribution in [1.29, 1.82) is 0 Å². The molecule has 0 radical (unpaired) electrons. The number of halogens is 2. The standard InChI is InChI=1S/C10H7F2NOS/c1-5-10(14)15-9(13-5)8-6(11)3-2-4-7(8)12/h2-4,14H,1H3. The van der Waals surface area contributed by atoms with Gasteiger partial charge in [-0.15, -0.1) is 0 Å². The van der Waals surface area contributed by atoms with E-state index in [0.717, 1.165) is 23.5 Å². The van der Waals surface area contributed by atoms with Crippen molar-refractivity contribution in [2.75, 3.05) is 0 Å². The maximum absolute atomic E-state index is 13.3. The largest absolute Gasteiger partial charge is 0.498 e. The Morgan fingerprint density at radius 1 is 1.27 bits per heavy atom. The highest BCUT2D eigenvalue weighted by atomic mass is 32.1. The fourth-order valence-electron chi connectivity index (χ4n) is 1.20. The second kappa shape index (κ2) is 3.58. The summed E-state index contributed by atoms with van der Waals surface area (Å²) in [7, 11) is 0. The molecule has 5 heteroatoms. The fraction of sp³-hybridized carbons (Fsp3) is 0.100. The lowest BCUT2D eigenvalue weighted by molar-refractivity contribution is 0.485. The van der Waals surface area contributed by atoms with E-state index >= 15 is 0 Å². The second-order valence-electron chi connectivity index (χ2n) is 3.01. The van der Waals surface area contributed by atoms with Gasteiger partial charge in [-0.3, -0.25) is 0 Å². The lowest BCUT2D eigenvalue weighted by atomic mass is 10.2. The van der Waals surface area contributed by atoms with Crippen molar-refractivity contribution in [3.8, 4) is 15.6 Å². The van der Waals surface area contributed by atoms with Crippen LogP contribution < -0.4 is 0 Å². The molecule has 0 spiro atoms. The van der Waals surface area contributed by atoms with Gasteiger partial charge < -0.3 is 5.11 Å². The van der Waals surface area contributed by atoms with E-state index in [9.17, 15) is 13.9 Å². The number of rotatable bonds is 1. The second-order valence-corrected chi connectivity index (χ2v) is 3.98. The number of aromatic hydroxyl groups is 1. The van der Waals surface area contributed by atoms with E-state index in [-0.39, 0.29) is 15.6 Å². The third kappa shape index (κ3) is 1.70. The van der Waals surface area contributed by atoms with Crippen LogP contribution in [0.3, 0.4) is 0 Å². The molecule has 0 atom stereocenters. The summed E-state index contributed by atoms with van der Waals surface area (Å²) in [6, 6.07) is 3.60. The van der Waals surface area contributed by atoms with Crippen molar-refractivity contribution < 1.29 is 13.9 Å². The highest BCUT2D eigenvalue weighted by molar-refractivity contribution is 7.16. The Morgan fingerprint density at radius 3 is 2.33 bits per heavy atom. The van der Waals surface area contributed by atoms with Gasteiger partial charge in [0.25, 0.3) is 0 Å². The van der Waals surface area contributed by atoms with Gasteiger partial charge in [-0.25, -0.2) is 13.8 Å². The summed E-state index contributed by atoms with van der Waals surface area (Å²) in [5.41, 5.74) is 0.184. The predicted molar refractivity (Wildman–Crippen MR) is 53.9 cm³/mol. The van der Waals surface area contributed by atoms with Gasteiger partial charge in [-0.2, -0.15) is 0 Å². The zero-order chi connectivity index (χ0) is 11.0. The molecular weight excluding hydrogens is 220 g/mol. The van der Waals surface area contributed by atoms with Gasteiger partial charge in [-0.05, 0) is 19.1 Å². The number of hydrogen-bond acceptors (Lipinski definition) is 3. The summed E-state index contributed by atoms with van der Waals surface area (Å²) in [6.07, 6.45) is 0. The van der Waals surface area contributed by atoms with Gasteiger partial charge >= 0.3 is 0 Å². The summed E-state index contributed by atoms with van der Waals surface area (Å²) >= 11 is 0.860. The van der Waals surface area contributed by atoms with Crippen molar-refractivity contribution in [3.05, 3.63) is 35.5 Å². The zero-order valence-electron chi connectivity index (χ0n) is 7.79. The molecule has 2 rings (SSSR count). The summed E-state index contributed by atoms with van der Waals surface area (Å²) in [6.45, 7) is 1.58. The molecule has 15 heavy (non-hydrogen) atoms. The van der Waals surface area contributed by atoms with Crippen molar-refractivity contribution in [2.45, 2.75) is 6.92 Å². The van der Waals surface area contributed by atoms with Gasteiger partial charge in [0.15, 0.2) is 5.06 Å². The van der Waals surface area contributed by atoms with Crippen molar-refractivity contribution in [1.82, 2.24) is 4.98 Å². The molecule has 1 heterocycles. The van der Waals surface area contributed by atoms with Gasteiger partial charge in [0.2, 0.25) is 0 Å². The van der Waals surface area contributed by atoms with Crippen LogP contribution in [0, 0.1) is 18.6 Å². The molecule has 2 aromatic rings. The first kappa shape index (κ1) is 10.0. The Kier molecular flexibility index (Phi) is 2.40. The minimum Gasteiger partial charge on any atom is -0.498 e. The minimum atomic E-state index is -0.677. The smallest absolute Gasteiger partial charge is 0.195 e. The van der Waals surface area contributed by atoms with Crippen molar-refractivity contribution in [2.24, 2.45) is 0 Å². The molecule has 0 aliphatic heterocycles. The molecule has 0 saturated heterocycles. The lowest BCUT2D eigenvalue weighted by Gasteiger charge is -1.99. The van der Waals surface area contributed by atoms with E-state index in [1.807, 2.05) is 0 Å². The Hall–Kier alpha value is -1.49. The van der Waals surface area contributed by atoms with Crippen molar-refractivity contribution >= 4 is 11.3 Å². The maximum Gasteiger partial charge on any atom is 0.195 e. The maximum atomic E-state index is 13.3. The van der Waals surface area contributed by atoms with E-state index in [1.165, 1.54) is 6.07 Å². The molecule has 0 aliphatic carbocycles. The van der Waals surface area contributed by atoms with E-state index in [4.69, 9.17) is 0 Å².